The highest BCUT2D eigenvalue weighted by Gasteiger charge is 2.21. The molecular formula is C21H22FN3O3S. The molecule has 6 nitrogen and oxygen atoms in total. The molecule has 1 heterocycles. The van der Waals surface area contributed by atoms with Gasteiger partial charge in [0.1, 0.15) is 11.6 Å². The quantitative estimate of drug-likeness (QED) is 0.542. The van der Waals surface area contributed by atoms with Gasteiger partial charge in [-0.25, -0.2) is 4.39 Å². The van der Waals surface area contributed by atoms with E-state index in [1.807, 2.05) is 32.0 Å². The van der Waals surface area contributed by atoms with Gasteiger partial charge in [0.05, 0.1) is 5.25 Å². The number of aryl methyl sites for hydroxylation is 2. The number of halogens is 1. The number of ether oxygens (including phenoxy) is 1. The average Bonchev–Trinajstić information content (AvgIpc) is 3.15. The van der Waals surface area contributed by atoms with E-state index in [0.717, 1.165) is 16.8 Å². The van der Waals surface area contributed by atoms with E-state index in [1.165, 1.54) is 36.0 Å². The van der Waals surface area contributed by atoms with Gasteiger partial charge in [-0.1, -0.05) is 23.9 Å². The second-order valence-electron chi connectivity index (χ2n) is 6.69. The Morgan fingerprint density at radius 3 is 2.59 bits per heavy atom. The zero-order valence-electron chi connectivity index (χ0n) is 16.6. The number of amides is 1. The largest absolute Gasteiger partial charge is 0.481 e. The van der Waals surface area contributed by atoms with Crippen molar-refractivity contribution < 1.29 is 18.3 Å². The SMILES string of the molecule is Cc1ccc(C)c(NC(=O)[C@H](C)Sc2nnc([C@H](C)Oc3ccc(F)cc3)o2)c1. The predicted octanol–water partition coefficient (Wildman–Crippen LogP) is 5.08. The van der Waals surface area contributed by atoms with Crippen LogP contribution in [0.15, 0.2) is 52.1 Å². The summed E-state index contributed by atoms with van der Waals surface area (Å²) in [6.45, 7) is 7.44. The molecule has 0 bridgehead atoms. The van der Waals surface area contributed by atoms with Crippen molar-refractivity contribution in [3.63, 3.8) is 0 Å². The Morgan fingerprint density at radius 2 is 1.86 bits per heavy atom. The minimum absolute atomic E-state index is 0.154. The molecule has 0 spiro atoms. The molecule has 1 N–H and O–H groups in total. The van der Waals surface area contributed by atoms with Gasteiger partial charge in [-0.15, -0.1) is 10.2 Å². The van der Waals surface area contributed by atoms with Crippen LogP contribution in [-0.4, -0.2) is 21.4 Å². The second kappa shape index (κ2) is 9.09. The summed E-state index contributed by atoms with van der Waals surface area (Å²) >= 11 is 1.17. The minimum Gasteiger partial charge on any atom is -0.481 e. The number of hydrogen-bond donors (Lipinski definition) is 1. The van der Waals surface area contributed by atoms with E-state index in [9.17, 15) is 9.18 Å². The van der Waals surface area contributed by atoms with E-state index in [4.69, 9.17) is 9.15 Å². The monoisotopic (exact) mass is 415 g/mol. The first-order chi connectivity index (χ1) is 13.8. The average molecular weight is 415 g/mol. The lowest BCUT2D eigenvalue weighted by molar-refractivity contribution is -0.115. The van der Waals surface area contributed by atoms with Crippen molar-refractivity contribution in [3.8, 4) is 5.75 Å². The zero-order chi connectivity index (χ0) is 21.0. The predicted molar refractivity (Wildman–Crippen MR) is 110 cm³/mol. The molecule has 3 rings (SSSR count). The Morgan fingerprint density at radius 1 is 1.14 bits per heavy atom. The molecule has 2 atom stereocenters. The van der Waals surface area contributed by atoms with Gasteiger partial charge in [0, 0.05) is 5.69 Å². The van der Waals surface area contributed by atoms with Gasteiger partial charge in [0.2, 0.25) is 5.91 Å². The fraction of sp³-hybridized carbons (Fsp3) is 0.286. The summed E-state index contributed by atoms with van der Waals surface area (Å²) in [5, 5.41) is 10.7. The first-order valence-corrected chi connectivity index (χ1v) is 10.00. The molecule has 3 aromatic rings. The van der Waals surface area contributed by atoms with E-state index in [0.29, 0.717) is 5.75 Å². The molecule has 29 heavy (non-hydrogen) atoms. The summed E-state index contributed by atoms with van der Waals surface area (Å²) in [7, 11) is 0. The number of anilines is 1. The Bertz CT molecular complexity index is 991. The maximum atomic E-state index is 13.0. The van der Waals surface area contributed by atoms with Gasteiger partial charge >= 0.3 is 0 Å². The van der Waals surface area contributed by atoms with E-state index in [1.54, 1.807) is 13.8 Å². The summed E-state index contributed by atoms with van der Waals surface area (Å²) in [5.74, 6) is 0.278. The number of carbonyl (C=O) groups is 1. The van der Waals surface area contributed by atoms with Crippen LogP contribution in [0.1, 0.15) is 37.0 Å². The van der Waals surface area contributed by atoms with Gasteiger partial charge in [-0.3, -0.25) is 4.79 Å². The molecular weight excluding hydrogens is 393 g/mol. The molecule has 0 saturated heterocycles. The standard InChI is InChI=1S/C21H22FN3O3S/c1-12-5-6-13(2)18(11-12)23-19(26)15(4)29-21-25-24-20(28-21)14(3)27-17-9-7-16(22)8-10-17/h5-11,14-15H,1-4H3,(H,23,26)/t14-,15-/m0/s1. The van der Waals surface area contributed by atoms with Crippen LogP contribution in [0.2, 0.25) is 0 Å². The van der Waals surface area contributed by atoms with Crippen LogP contribution in [-0.2, 0) is 4.79 Å². The lowest BCUT2D eigenvalue weighted by atomic mass is 10.1. The smallest absolute Gasteiger partial charge is 0.277 e. The Hall–Kier alpha value is -2.87. The normalized spacial score (nSPS) is 13.0. The minimum atomic E-state index is -0.513. The summed E-state index contributed by atoms with van der Waals surface area (Å²) in [6.07, 6.45) is -0.513. The highest BCUT2D eigenvalue weighted by Crippen LogP contribution is 2.27. The van der Waals surface area contributed by atoms with Crippen LogP contribution in [0.3, 0.4) is 0 Å². The van der Waals surface area contributed by atoms with E-state index >= 15 is 0 Å². The maximum Gasteiger partial charge on any atom is 0.277 e. The second-order valence-corrected chi connectivity index (χ2v) is 7.98. The van der Waals surface area contributed by atoms with Crippen LogP contribution >= 0.6 is 11.8 Å². The van der Waals surface area contributed by atoms with Gasteiger partial charge < -0.3 is 14.5 Å². The van der Waals surface area contributed by atoms with Crippen molar-refractivity contribution in [3.05, 3.63) is 65.3 Å². The molecule has 0 unspecified atom stereocenters. The van der Waals surface area contributed by atoms with Crippen molar-refractivity contribution in [2.24, 2.45) is 0 Å². The van der Waals surface area contributed by atoms with Crippen molar-refractivity contribution in [2.45, 2.75) is 44.3 Å². The highest BCUT2D eigenvalue weighted by molar-refractivity contribution is 8.00. The van der Waals surface area contributed by atoms with Crippen LogP contribution in [0, 0.1) is 19.7 Å². The van der Waals surface area contributed by atoms with Gasteiger partial charge in [-0.2, -0.15) is 0 Å². The van der Waals surface area contributed by atoms with Crippen molar-refractivity contribution in [1.29, 1.82) is 0 Å². The summed E-state index contributed by atoms with van der Waals surface area (Å²) < 4.78 is 24.3. The Labute approximate surface area is 172 Å². The molecule has 0 aliphatic carbocycles. The van der Waals surface area contributed by atoms with Crippen LogP contribution in [0.5, 0.6) is 5.75 Å². The maximum absolute atomic E-state index is 13.0. The summed E-state index contributed by atoms with van der Waals surface area (Å²) in [5.41, 5.74) is 2.85. The number of thioether (sulfide) groups is 1. The fourth-order valence-electron chi connectivity index (χ4n) is 2.51. The first kappa shape index (κ1) is 20.9. The lowest BCUT2D eigenvalue weighted by Crippen LogP contribution is -2.22. The summed E-state index contributed by atoms with van der Waals surface area (Å²) in [4.78, 5) is 12.5. The summed E-state index contributed by atoms with van der Waals surface area (Å²) in [6, 6.07) is 11.6. The molecule has 152 valence electrons. The molecule has 0 aliphatic rings. The molecule has 0 radical (unpaired) electrons. The van der Waals surface area contributed by atoms with Crippen molar-refractivity contribution in [1.82, 2.24) is 10.2 Å². The number of nitrogens with one attached hydrogen (secondary N) is 1. The van der Waals surface area contributed by atoms with E-state index in [2.05, 4.69) is 15.5 Å². The molecule has 2 aromatic carbocycles. The van der Waals surface area contributed by atoms with Crippen LogP contribution in [0.4, 0.5) is 10.1 Å². The molecule has 0 saturated carbocycles. The lowest BCUT2D eigenvalue weighted by Gasteiger charge is -2.13. The van der Waals surface area contributed by atoms with Gasteiger partial charge in [0.25, 0.3) is 11.1 Å². The van der Waals surface area contributed by atoms with E-state index < -0.39 is 11.4 Å². The third kappa shape index (κ3) is 5.57. The molecule has 8 heteroatoms. The van der Waals surface area contributed by atoms with E-state index in [-0.39, 0.29) is 22.8 Å². The van der Waals surface area contributed by atoms with Crippen LogP contribution in [0.25, 0.3) is 0 Å². The third-order valence-electron chi connectivity index (χ3n) is 4.19. The number of rotatable bonds is 7. The zero-order valence-corrected chi connectivity index (χ0v) is 17.4. The van der Waals surface area contributed by atoms with Crippen molar-refractivity contribution >= 4 is 23.4 Å². The number of benzene rings is 2. The van der Waals surface area contributed by atoms with Gasteiger partial charge in [-0.05, 0) is 69.2 Å². The number of aromatic nitrogens is 2. The van der Waals surface area contributed by atoms with Crippen molar-refractivity contribution in [2.75, 3.05) is 5.32 Å². The Kier molecular flexibility index (Phi) is 6.53. The number of carbonyl (C=O) groups excluding carboxylic acids is 1. The number of hydrogen-bond acceptors (Lipinski definition) is 6. The first-order valence-electron chi connectivity index (χ1n) is 9.12. The van der Waals surface area contributed by atoms with Crippen LogP contribution < -0.4 is 10.1 Å². The highest BCUT2D eigenvalue weighted by atomic mass is 32.2. The van der Waals surface area contributed by atoms with Gasteiger partial charge in [0.15, 0.2) is 6.10 Å². The molecule has 0 fully saturated rings. The molecule has 1 aromatic heterocycles. The number of nitrogens with zero attached hydrogens (tertiary/aromatic N) is 2. The molecule has 1 amide bonds. The third-order valence-corrected chi connectivity index (χ3v) is 5.13. The molecule has 0 aliphatic heterocycles. The topological polar surface area (TPSA) is 77.2 Å². The Balaban J connectivity index is 1.59. The fourth-order valence-corrected chi connectivity index (χ4v) is 3.20.